The molecule has 216 valence electrons. The molecule has 1 fully saturated rings. The number of piperidine rings is 1. The zero-order valence-electron chi connectivity index (χ0n) is 21.4. The molecule has 2 aliphatic heterocycles. The molecule has 2 aliphatic rings. The van der Waals surface area contributed by atoms with E-state index in [1.807, 2.05) is 4.72 Å². The number of amides is 1. The van der Waals surface area contributed by atoms with Gasteiger partial charge in [-0.2, -0.15) is 4.72 Å². The Bertz CT molecular complexity index is 1380. The summed E-state index contributed by atoms with van der Waals surface area (Å²) in [6.45, 7) is 2.47. The molecule has 0 saturated carbocycles. The Morgan fingerprint density at radius 2 is 1.80 bits per heavy atom. The number of aliphatic carboxylic acids is 1. The Labute approximate surface area is 229 Å². The van der Waals surface area contributed by atoms with Crippen molar-refractivity contribution in [1.82, 2.24) is 20.7 Å². The Morgan fingerprint density at radius 1 is 1.10 bits per heavy atom. The number of halogens is 2. The van der Waals surface area contributed by atoms with Crippen LogP contribution in [0.5, 0.6) is 5.75 Å². The second-order valence-corrected chi connectivity index (χ2v) is 11.1. The number of carboxylic acids is 1. The highest BCUT2D eigenvalue weighted by Gasteiger charge is 2.28. The van der Waals surface area contributed by atoms with E-state index in [0.717, 1.165) is 55.8 Å². The number of nitrogens with one attached hydrogen (secondary N) is 4. The summed E-state index contributed by atoms with van der Waals surface area (Å²) in [5, 5.41) is 27.2. The summed E-state index contributed by atoms with van der Waals surface area (Å²) in [5.41, 5.74) is -0.728. The minimum Gasteiger partial charge on any atom is -0.508 e. The van der Waals surface area contributed by atoms with Crippen molar-refractivity contribution in [2.24, 2.45) is 4.99 Å². The highest BCUT2D eigenvalue weighted by atomic mass is 32.2. The van der Waals surface area contributed by atoms with Gasteiger partial charge in [0.25, 0.3) is 5.91 Å². The maximum absolute atomic E-state index is 15.1. The van der Waals surface area contributed by atoms with Crippen LogP contribution in [-0.4, -0.2) is 74.9 Å². The summed E-state index contributed by atoms with van der Waals surface area (Å²) in [6, 6.07) is 6.83. The van der Waals surface area contributed by atoms with Gasteiger partial charge in [-0.15, -0.1) is 0 Å². The van der Waals surface area contributed by atoms with Gasteiger partial charge in [-0.25, -0.2) is 17.2 Å². The van der Waals surface area contributed by atoms with E-state index < -0.39 is 51.7 Å². The van der Waals surface area contributed by atoms with Gasteiger partial charge in [-0.1, -0.05) is 0 Å². The summed E-state index contributed by atoms with van der Waals surface area (Å²) >= 11 is 0. The van der Waals surface area contributed by atoms with Crippen LogP contribution in [0.2, 0.25) is 0 Å². The fourth-order valence-electron chi connectivity index (χ4n) is 4.46. The molecule has 0 radical (unpaired) electrons. The monoisotopic (exact) mass is 580 g/mol. The predicted octanol–water partition coefficient (Wildman–Crippen LogP) is 1.09. The number of carbonyl (C=O) groups is 2. The Kier molecular flexibility index (Phi) is 9.04. The SMILES string of the molecule is O=C(O)CC(NC(=O)c1ccc(N2CCC(NC3=NCCCN3)CC2)c(F)c1F)NS(=O)(=O)c1ccc(O)cc1. The summed E-state index contributed by atoms with van der Waals surface area (Å²) in [6.07, 6.45) is -0.279. The predicted molar refractivity (Wildman–Crippen MR) is 142 cm³/mol. The first-order valence-electron chi connectivity index (χ1n) is 12.7. The number of rotatable bonds is 9. The quantitative estimate of drug-likeness (QED) is 0.238. The van der Waals surface area contributed by atoms with Gasteiger partial charge < -0.3 is 31.1 Å². The zero-order valence-corrected chi connectivity index (χ0v) is 22.2. The van der Waals surface area contributed by atoms with Crippen molar-refractivity contribution in [3.8, 4) is 5.75 Å². The van der Waals surface area contributed by atoms with Crippen molar-refractivity contribution in [2.45, 2.75) is 42.8 Å². The van der Waals surface area contributed by atoms with Gasteiger partial charge in [-0.3, -0.25) is 14.6 Å². The molecule has 0 spiro atoms. The number of guanidine groups is 1. The average molecular weight is 581 g/mol. The molecular formula is C25H30F2N6O6S. The second-order valence-electron chi connectivity index (χ2n) is 9.42. The smallest absolute Gasteiger partial charge is 0.306 e. The van der Waals surface area contributed by atoms with E-state index in [1.165, 1.54) is 6.07 Å². The van der Waals surface area contributed by atoms with E-state index >= 15 is 8.78 Å². The van der Waals surface area contributed by atoms with Gasteiger partial charge in [0.1, 0.15) is 11.9 Å². The third-order valence-electron chi connectivity index (χ3n) is 6.51. The molecule has 0 aliphatic carbocycles. The van der Waals surface area contributed by atoms with Crippen molar-refractivity contribution < 1.29 is 37.0 Å². The number of hydrogen-bond acceptors (Lipinski definition) is 9. The van der Waals surface area contributed by atoms with Crippen LogP contribution in [0.4, 0.5) is 14.5 Å². The van der Waals surface area contributed by atoms with E-state index in [2.05, 4.69) is 20.9 Å². The number of phenols is 1. The molecule has 6 N–H and O–H groups in total. The Morgan fingerprint density at radius 3 is 2.42 bits per heavy atom. The molecular weight excluding hydrogens is 550 g/mol. The average Bonchev–Trinajstić information content (AvgIpc) is 2.91. The first-order valence-corrected chi connectivity index (χ1v) is 14.1. The normalized spacial score (nSPS) is 16.9. The van der Waals surface area contributed by atoms with Crippen molar-refractivity contribution >= 4 is 33.5 Å². The first kappa shape index (κ1) is 29.0. The molecule has 40 heavy (non-hydrogen) atoms. The van der Waals surface area contributed by atoms with Crippen molar-refractivity contribution in [3.05, 3.63) is 53.6 Å². The lowest BCUT2D eigenvalue weighted by molar-refractivity contribution is -0.137. The largest absolute Gasteiger partial charge is 0.508 e. The van der Waals surface area contributed by atoms with E-state index in [4.69, 9.17) is 0 Å². The second kappa shape index (κ2) is 12.5. The number of carbonyl (C=O) groups excluding carboxylic acids is 1. The summed E-state index contributed by atoms with van der Waals surface area (Å²) in [4.78, 5) is 29.8. The fourth-order valence-corrected chi connectivity index (χ4v) is 5.61. The molecule has 1 atom stereocenters. The topological polar surface area (TPSA) is 172 Å². The summed E-state index contributed by atoms with van der Waals surface area (Å²) < 4.78 is 57.4. The molecule has 1 unspecified atom stereocenters. The van der Waals surface area contributed by atoms with Crippen LogP contribution in [0.3, 0.4) is 0 Å². The van der Waals surface area contributed by atoms with E-state index in [-0.39, 0.29) is 22.4 Å². The number of anilines is 1. The van der Waals surface area contributed by atoms with Crippen LogP contribution in [0.1, 0.15) is 36.0 Å². The van der Waals surface area contributed by atoms with E-state index in [0.29, 0.717) is 25.9 Å². The molecule has 2 aromatic carbocycles. The number of benzene rings is 2. The maximum Gasteiger partial charge on any atom is 0.306 e. The minimum absolute atomic E-state index is 0.0178. The number of nitrogens with zero attached hydrogens (tertiary/aromatic N) is 2. The van der Waals surface area contributed by atoms with Gasteiger partial charge in [0, 0.05) is 32.2 Å². The molecule has 4 rings (SSSR count). The van der Waals surface area contributed by atoms with Crippen molar-refractivity contribution in [1.29, 1.82) is 0 Å². The number of phenolic OH excluding ortho intramolecular Hbond substituents is 1. The molecule has 0 bridgehead atoms. The lowest BCUT2D eigenvalue weighted by Crippen LogP contribution is -2.50. The van der Waals surface area contributed by atoms with Crippen LogP contribution in [0, 0.1) is 11.6 Å². The zero-order chi connectivity index (χ0) is 28.9. The minimum atomic E-state index is -4.33. The van der Waals surface area contributed by atoms with Gasteiger partial charge in [0.05, 0.1) is 22.6 Å². The third kappa shape index (κ3) is 7.15. The number of carboxylic acid groups (broad SMARTS) is 1. The van der Waals surface area contributed by atoms with Gasteiger partial charge >= 0.3 is 5.97 Å². The summed E-state index contributed by atoms with van der Waals surface area (Å²) in [7, 11) is -4.33. The van der Waals surface area contributed by atoms with E-state index in [1.54, 1.807) is 4.90 Å². The lowest BCUT2D eigenvalue weighted by atomic mass is 10.0. The van der Waals surface area contributed by atoms with Gasteiger partial charge in [0.2, 0.25) is 10.0 Å². The molecule has 1 amide bonds. The van der Waals surface area contributed by atoms with Crippen LogP contribution < -0.4 is 25.6 Å². The van der Waals surface area contributed by atoms with Crippen LogP contribution >= 0.6 is 0 Å². The number of aliphatic imine (C=N–C) groups is 1. The van der Waals surface area contributed by atoms with Gasteiger partial charge in [0.15, 0.2) is 17.6 Å². The summed E-state index contributed by atoms with van der Waals surface area (Å²) in [5.74, 6) is -4.79. The fraction of sp³-hybridized carbons (Fsp3) is 0.400. The molecule has 15 heteroatoms. The molecule has 2 aromatic rings. The first-order chi connectivity index (χ1) is 19.0. The van der Waals surface area contributed by atoms with Gasteiger partial charge in [-0.05, 0) is 55.7 Å². The number of hydrogen-bond donors (Lipinski definition) is 6. The third-order valence-corrected chi connectivity index (χ3v) is 8.00. The standard InChI is InChI=1S/C25H30F2N6O6S/c26-22-18(24(37)31-20(14-21(35)36)32-40(38,39)17-4-2-16(34)3-5-17)6-7-19(23(22)27)33-12-8-15(9-13-33)30-25-28-10-1-11-29-25/h2-7,15,20,32,34H,1,8-14H2,(H,31,37)(H,35,36)(H2,28,29,30). The Hall–Kier alpha value is -3.98. The molecule has 0 aromatic heterocycles. The number of sulfonamides is 1. The maximum atomic E-state index is 15.1. The van der Waals surface area contributed by atoms with Crippen LogP contribution in [-0.2, 0) is 14.8 Å². The molecule has 2 heterocycles. The molecule has 12 nitrogen and oxygen atoms in total. The highest BCUT2D eigenvalue weighted by molar-refractivity contribution is 7.89. The van der Waals surface area contributed by atoms with Crippen LogP contribution in [0.25, 0.3) is 0 Å². The molecule has 1 saturated heterocycles. The Balaban J connectivity index is 1.42. The van der Waals surface area contributed by atoms with E-state index in [9.17, 15) is 28.2 Å². The van der Waals surface area contributed by atoms with Crippen molar-refractivity contribution in [2.75, 3.05) is 31.1 Å². The van der Waals surface area contributed by atoms with Crippen LogP contribution in [0.15, 0.2) is 46.3 Å². The number of aromatic hydroxyl groups is 1. The van der Waals surface area contributed by atoms with Crippen molar-refractivity contribution in [3.63, 3.8) is 0 Å². The highest BCUT2D eigenvalue weighted by Crippen LogP contribution is 2.27. The lowest BCUT2D eigenvalue weighted by Gasteiger charge is -2.35.